The Bertz CT molecular complexity index is 1040. The van der Waals surface area contributed by atoms with Crippen molar-refractivity contribution in [1.29, 1.82) is 0 Å². The van der Waals surface area contributed by atoms with Gasteiger partial charge in [0, 0.05) is 24.4 Å². The van der Waals surface area contributed by atoms with E-state index in [1.165, 1.54) is 11.6 Å². The Balaban J connectivity index is 1.32. The molecule has 1 aromatic heterocycles. The van der Waals surface area contributed by atoms with Crippen LogP contribution in [0.15, 0.2) is 91.3 Å². The lowest BCUT2D eigenvalue weighted by atomic mass is 9.85. The van der Waals surface area contributed by atoms with E-state index in [4.69, 9.17) is 0 Å². The van der Waals surface area contributed by atoms with Crippen molar-refractivity contribution in [2.75, 3.05) is 6.54 Å². The molecule has 1 aliphatic rings. The van der Waals surface area contributed by atoms with E-state index >= 15 is 0 Å². The van der Waals surface area contributed by atoms with Gasteiger partial charge in [-0.05, 0) is 72.6 Å². The summed E-state index contributed by atoms with van der Waals surface area (Å²) in [5.41, 5.74) is 3.08. The molecule has 31 heavy (non-hydrogen) atoms. The van der Waals surface area contributed by atoms with E-state index in [0.717, 1.165) is 36.8 Å². The highest BCUT2D eigenvalue weighted by atomic mass is 19.1. The first kappa shape index (κ1) is 21.0. The van der Waals surface area contributed by atoms with Crippen molar-refractivity contribution in [3.8, 4) is 0 Å². The van der Waals surface area contributed by atoms with Gasteiger partial charge < -0.3 is 5.32 Å². The topological polar surface area (TPSA) is 42.0 Å². The first-order valence-corrected chi connectivity index (χ1v) is 10.8. The molecule has 1 saturated carbocycles. The number of nitrogens with zero attached hydrogens (tertiary/aromatic N) is 1. The molecule has 3 nitrogen and oxygen atoms in total. The Kier molecular flexibility index (Phi) is 6.56. The lowest BCUT2D eigenvalue weighted by Crippen LogP contribution is -2.22. The molecule has 0 spiro atoms. The quantitative estimate of drug-likeness (QED) is 0.385. The maximum Gasteiger partial charge on any atom is 0.243 e. The molecule has 1 N–H and O–H groups in total. The fourth-order valence-corrected chi connectivity index (χ4v) is 4.33. The summed E-state index contributed by atoms with van der Waals surface area (Å²) in [4.78, 5) is 16.4. The van der Waals surface area contributed by atoms with E-state index in [1.807, 2.05) is 42.6 Å². The van der Waals surface area contributed by atoms with Crippen LogP contribution >= 0.6 is 0 Å². The van der Waals surface area contributed by atoms with Gasteiger partial charge in [-0.1, -0.05) is 54.6 Å². The first-order chi connectivity index (χ1) is 15.2. The number of allylic oxidation sites excluding steroid dienone is 1. The number of unbranched alkanes of at least 4 members (excludes halogenated alkanes) is 1. The number of benzene rings is 2. The van der Waals surface area contributed by atoms with Crippen LogP contribution in [-0.2, 0) is 16.6 Å². The van der Waals surface area contributed by atoms with Crippen molar-refractivity contribution in [1.82, 2.24) is 10.3 Å². The summed E-state index contributed by atoms with van der Waals surface area (Å²) >= 11 is 0. The second kappa shape index (κ2) is 9.69. The normalized spacial score (nSPS) is 20.0. The second-order valence-electron chi connectivity index (χ2n) is 8.13. The number of hydrogen-bond donors (Lipinski definition) is 1. The summed E-state index contributed by atoms with van der Waals surface area (Å²) in [7, 11) is 0. The van der Waals surface area contributed by atoms with Gasteiger partial charge in [-0.25, -0.2) is 4.39 Å². The number of rotatable bonds is 9. The lowest BCUT2D eigenvalue weighted by molar-refractivity contribution is -0.116. The zero-order chi connectivity index (χ0) is 21.5. The average Bonchev–Trinajstić information content (AvgIpc) is 3.54. The third kappa shape index (κ3) is 5.08. The number of pyridine rings is 1. The molecule has 1 heterocycles. The maximum absolute atomic E-state index is 13.9. The minimum Gasteiger partial charge on any atom is -0.353 e. The average molecular weight is 415 g/mol. The fourth-order valence-electron chi connectivity index (χ4n) is 4.33. The minimum atomic E-state index is -0.260. The molecular weight excluding hydrogens is 387 g/mol. The van der Waals surface area contributed by atoms with Crippen molar-refractivity contribution < 1.29 is 9.18 Å². The van der Waals surface area contributed by atoms with Crippen LogP contribution in [0.1, 0.15) is 36.0 Å². The second-order valence-corrected chi connectivity index (χ2v) is 8.13. The van der Waals surface area contributed by atoms with Gasteiger partial charge in [-0.3, -0.25) is 9.78 Å². The summed E-state index contributed by atoms with van der Waals surface area (Å²) in [5, 5.41) is 2.97. The summed E-state index contributed by atoms with van der Waals surface area (Å²) in [6.45, 7) is 0.655. The molecule has 0 bridgehead atoms. The van der Waals surface area contributed by atoms with E-state index in [9.17, 15) is 9.18 Å². The SMILES string of the molecule is O=C(C=C[C@H]1C[C@]1(c1ccccc1)c1cccc(F)c1)NCCCCc1cccnc1. The molecule has 4 heteroatoms. The highest BCUT2D eigenvalue weighted by Gasteiger charge is 2.55. The molecule has 3 aromatic rings. The van der Waals surface area contributed by atoms with Crippen LogP contribution in [0.2, 0.25) is 0 Å². The highest BCUT2D eigenvalue weighted by Crippen LogP contribution is 2.59. The number of aryl methyl sites for hydroxylation is 1. The van der Waals surface area contributed by atoms with Crippen LogP contribution in [-0.4, -0.2) is 17.4 Å². The molecule has 1 aliphatic carbocycles. The van der Waals surface area contributed by atoms with E-state index in [2.05, 4.69) is 28.5 Å². The summed E-state index contributed by atoms with van der Waals surface area (Å²) in [6.07, 6.45) is 11.0. The van der Waals surface area contributed by atoms with Crippen LogP contribution in [0.5, 0.6) is 0 Å². The van der Waals surface area contributed by atoms with Crippen molar-refractivity contribution in [3.05, 3.63) is 114 Å². The van der Waals surface area contributed by atoms with Gasteiger partial charge in [0.15, 0.2) is 0 Å². The van der Waals surface area contributed by atoms with Gasteiger partial charge in [-0.2, -0.15) is 0 Å². The lowest BCUT2D eigenvalue weighted by Gasteiger charge is -2.18. The van der Waals surface area contributed by atoms with Crippen molar-refractivity contribution in [3.63, 3.8) is 0 Å². The zero-order valence-electron chi connectivity index (χ0n) is 17.5. The van der Waals surface area contributed by atoms with E-state index in [1.54, 1.807) is 24.4 Å². The summed E-state index contributed by atoms with van der Waals surface area (Å²) < 4.78 is 13.9. The fraction of sp³-hybridized carbons (Fsp3) is 0.259. The van der Waals surface area contributed by atoms with Gasteiger partial charge in [-0.15, -0.1) is 0 Å². The predicted molar refractivity (Wildman–Crippen MR) is 121 cm³/mol. The van der Waals surface area contributed by atoms with Gasteiger partial charge in [0.05, 0.1) is 0 Å². The number of amides is 1. The van der Waals surface area contributed by atoms with Crippen LogP contribution in [0.25, 0.3) is 0 Å². The molecule has 1 fully saturated rings. The van der Waals surface area contributed by atoms with Gasteiger partial charge in [0.2, 0.25) is 5.91 Å². The Morgan fingerprint density at radius 2 is 1.90 bits per heavy atom. The molecule has 1 amide bonds. The molecule has 0 aliphatic heterocycles. The molecule has 2 atom stereocenters. The van der Waals surface area contributed by atoms with Crippen LogP contribution < -0.4 is 5.32 Å². The van der Waals surface area contributed by atoms with Crippen LogP contribution in [0.4, 0.5) is 4.39 Å². The zero-order valence-corrected chi connectivity index (χ0v) is 17.5. The highest BCUT2D eigenvalue weighted by molar-refractivity contribution is 5.87. The number of nitrogens with one attached hydrogen (secondary N) is 1. The monoisotopic (exact) mass is 414 g/mol. The molecule has 4 rings (SSSR count). The van der Waals surface area contributed by atoms with Crippen LogP contribution in [0, 0.1) is 11.7 Å². The smallest absolute Gasteiger partial charge is 0.243 e. The van der Waals surface area contributed by atoms with E-state index < -0.39 is 0 Å². The Morgan fingerprint density at radius 1 is 1.06 bits per heavy atom. The summed E-state index contributed by atoms with van der Waals surface area (Å²) in [5.74, 6) is -0.131. The van der Waals surface area contributed by atoms with Crippen molar-refractivity contribution in [2.45, 2.75) is 31.1 Å². The number of aromatic nitrogens is 1. The number of carbonyl (C=O) groups excluding carboxylic acids is 1. The number of halogens is 1. The molecule has 158 valence electrons. The van der Waals surface area contributed by atoms with Crippen LogP contribution in [0.3, 0.4) is 0 Å². The standard InChI is InChI=1S/C27H27FN2O/c28-25-13-6-12-23(18-25)27(22-10-2-1-3-11-22)19-24(27)14-15-26(31)30-17-5-4-8-21-9-7-16-29-20-21/h1-3,6-7,9-16,18,20,24H,4-5,8,17,19H2,(H,30,31)/t24-,27-/m0/s1. The van der Waals surface area contributed by atoms with Crippen molar-refractivity contribution in [2.24, 2.45) is 5.92 Å². The molecule has 2 aromatic carbocycles. The third-order valence-corrected chi connectivity index (χ3v) is 6.04. The number of hydrogen-bond acceptors (Lipinski definition) is 2. The van der Waals surface area contributed by atoms with Gasteiger partial charge >= 0.3 is 0 Å². The van der Waals surface area contributed by atoms with Gasteiger partial charge in [0.1, 0.15) is 5.82 Å². The molecular formula is C27H27FN2O. The minimum absolute atomic E-state index is 0.0746. The number of carbonyl (C=O) groups is 1. The Labute approximate surface area is 183 Å². The third-order valence-electron chi connectivity index (χ3n) is 6.04. The largest absolute Gasteiger partial charge is 0.353 e. The Morgan fingerprint density at radius 3 is 2.68 bits per heavy atom. The van der Waals surface area contributed by atoms with E-state index in [0.29, 0.717) is 6.54 Å². The predicted octanol–water partition coefficient (Wildman–Crippen LogP) is 5.22. The maximum atomic E-state index is 13.9. The van der Waals surface area contributed by atoms with E-state index in [-0.39, 0.29) is 23.1 Å². The first-order valence-electron chi connectivity index (χ1n) is 10.8. The summed E-state index contributed by atoms with van der Waals surface area (Å²) in [6, 6.07) is 21.0. The molecule has 0 radical (unpaired) electrons. The van der Waals surface area contributed by atoms with Crippen molar-refractivity contribution >= 4 is 5.91 Å². The molecule has 0 saturated heterocycles. The van der Waals surface area contributed by atoms with Gasteiger partial charge in [0.25, 0.3) is 0 Å². The molecule has 0 unspecified atom stereocenters. The Hall–Kier alpha value is -3.27.